The standard InChI is InChI=1S/C39H47F3N6O3/c1-5-27-30(41)10-9-24-16-26(51-23-49-4)17-28(32(24)27)34-33(42)35-29(19-43-34)36(48-15-14-46(3)21-38(2)11-6-8-31(38)48)45-37(44-35)50-22-39-12-7-13-47(39)20-25(40)18-39/h9-10,16-17,19,25,31H,5-8,11-15,18,20-23H2,1-4H3/t25-,31-,38+,39+/m1/s1. The first-order valence-electron chi connectivity index (χ1n) is 18.3. The summed E-state index contributed by atoms with van der Waals surface area (Å²) in [5, 5.41) is 1.76. The zero-order valence-electron chi connectivity index (χ0n) is 30.0. The second-order valence-corrected chi connectivity index (χ2v) is 15.4. The van der Waals surface area contributed by atoms with Crippen molar-refractivity contribution in [1.29, 1.82) is 0 Å². The van der Waals surface area contributed by atoms with Crippen molar-refractivity contribution < 1.29 is 27.4 Å². The maximum absolute atomic E-state index is 17.4. The van der Waals surface area contributed by atoms with E-state index in [2.05, 4.69) is 28.7 Å². The normalized spacial score (nSPS) is 26.9. The number of rotatable bonds is 9. The van der Waals surface area contributed by atoms with Crippen molar-refractivity contribution in [2.24, 2.45) is 5.41 Å². The van der Waals surface area contributed by atoms with E-state index in [0.29, 0.717) is 64.8 Å². The summed E-state index contributed by atoms with van der Waals surface area (Å²) in [5.74, 6) is 0.0223. The first-order valence-corrected chi connectivity index (χ1v) is 18.3. The molecule has 272 valence electrons. The number of aromatic nitrogens is 3. The van der Waals surface area contributed by atoms with Crippen molar-refractivity contribution >= 4 is 27.5 Å². The van der Waals surface area contributed by atoms with Crippen LogP contribution in [0.25, 0.3) is 32.9 Å². The van der Waals surface area contributed by atoms with Crippen molar-refractivity contribution in [3.05, 3.63) is 47.7 Å². The molecule has 12 heteroatoms. The van der Waals surface area contributed by atoms with Gasteiger partial charge in [-0.15, -0.1) is 0 Å². The Labute approximate surface area is 297 Å². The van der Waals surface area contributed by atoms with Gasteiger partial charge in [0.05, 0.1) is 10.9 Å². The minimum Gasteiger partial charge on any atom is -0.468 e. The van der Waals surface area contributed by atoms with Crippen LogP contribution in [0.5, 0.6) is 11.8 Å². The van der Waals surface area contributed by atoms with E-state index >= 15 is 8.78 Å². The fraction of sp³-hybridized carbons (Fsp3) is 0.564. The molecule has 4 aliphatic rings. The molecule has 0 N–H and O–H groups in total. The lowest BCUT2D eigenvalue weighted by atomic mass is 9.83. The molecule has 8 rings (SSSR count). The summed E-state index contributed by atoms with van der Waals surface area (Å²) in [6.45, 7) is 8.16. The van der Waals surface area contributed by atoms with Gasteiger partial charge in [0, 0.05) is 62.9 Å². The zero-order chi connectivity index (χ0) is 35.5. The van der Waals surface area contributed by atoms with Gasteiger partial charge >= 0.3 is 6.01 Å². The largest absolute Gasteiger partial charge is 0.468 e. The molecule has 1 saturated carbocycles. The first kappa shape index (κ1) is 34.4. The smallest absolute Gasteiger partial charge is 0.319 e. The third kappa shape index (κ3) is 5.96. The molecule has 0 radical (unpaired) electrons. The zero-order valence-corrected chi connectivity index (χ0v) is 30.0. The number of fused-ring (bicyclic) bond motifs is 4. The van der Waals surface area contributed by atoms with Gasteiger partial charge in [-0.05, 0) is 80.2 Å². The van der Waals surface area contributed by atoms with E-state index in [0.717, 1.165) is 51.7 Å². The molecule has 51 heavy (non-hydrogen) atoms. The van der Waals surface area contributed by atoms with Crippen molar-refractivity contribution in [3.8, 4) is 23.0 Å². The summed E-state index contributed by atoms with van der Waals surface area (Å²) >= 11 is 0. The number of ether oxygens (including phenoxy) is 3. The van der Waals surface area contributed by atoms with E-state index in [1.807, 2.05) is 6.92 Å². The van der Waals surface area contributed by atoms with Crippen molar-refractivity contribution in [3.63, 3.8) is 0 Å². The van der Waals surface area contributed by atoms with Crippen LogP contribution in [0.15, 0.2) is 30.5 Å². The lowest BCUT2D eigenvalue weighted by Gasteiger charge is -2.38. The molecule has 0 spiro atoms. The van der Waals surface area contributed by atoms with Gasteiger partial charge in [0.1, 0.15) is 41.4 Å². The quantitative estimate of drug-likeness (QED) is 0.173. The number of halogens is 3. The Morgan fingerprint density at radius 2 is 1.90 bits per heavy atom. The number of alkyl halides is 1. The number of pyridine rings is 1. The highest BCUT2D eigenvalue weighted by atomic mass is 19.1. The van der Waals surface area contributed by atoms with Crippen LogP contribution in [0.3, 0.4) is 0 Å². The number of aryl methyl sites for hydroxylation is 1. The molecule has 1 aliphatic carbocycles. The summed E-state index contributed by atoms with van der Waals surface area (Å²) in [6.07, 6.45) is 6.55. The van der Waals surface area contributed by atoms with E-state index in [4.69, 9.17) is 29.2 Å². The van der Waals surface area contributed by atoms with E-state index in [-0.39, 0.29) is 47.9 Å². The number of anilines is 1. The Morgan fingerprint density at radius 3 is 2.73 bits per heavy atom. The average Bonchev–Trinajstić information content (AvgIpc) is 3.75. The highest BCUT2D eigenvalue weighted by Gasteiger charge is 2.50. The van der Waals surface area contributed by atoms with Gasteiger partial charge in [0.15, 0.2) is 12.6 Å². The van der Waals surface area contributed by atoms with Crippen molar-refractivity contribution in [2.45, 2.75) is 76.5 Å². The Morgan fingerprint density at radius 1 is 1.04 bits per heavy atom. The molecule has 0 amide bonds. The fourth-order valence-electron chi connectivity index (χ4n) is 9.69. The van der Waals surface area contributed by atoms with Crippen LogP contribution in [-0.4, -0.2) is 103 Å². The van der Waals surface area contributed by atoms with Gasteiger partial charge in [-0.2, -0.15) is 9.97 Å². The van der Waals surface area contributed by atoms with Crippen LogP contribution >= 0.6 is 0 Å². The van der Waals surface area contributed by atoms with Gasteiger partial charge in [-0.3, -0.25) is 9.88 Å². The summed E-state index contributed by atoms with van der Waals surface area (Å²) in [6, 6.07) is 6.84. The van der Waals surface area contributed by atoms with Crippen LogP contribution in [0.1, 0.15) is 57.9 Å². The molecule has 2 aromatic heterocycles. The van der Waals surface area contributed by atoms with Gasteiger partial charge in [0.2, 0.25) is 0 Å². The van der Waals surface area contributed by atoms with Gasteiger partial charge < -0.3 is 24.0 Å². The summed E-state index contributed by atoms with van der Waals surface area (Å²) in [7, 11) is 3.68. The number of benzene rings is 2. The lowest BCUT2D eigenvalue weighted by Crippen LogP contribution is -2.45. The summed E-state index contributed by atoms with van der Waals surface area (Å²) in [5.41, 5.74) is 0.588. The van der Waals surface area contributed by atoms with Crippen molar-refractivity contribution in [1.82, 2.24) is 24.8 Å². The second kappa shape index (κ2) is 13.3. The molecule has 0 unspecified atom stereocenters. The van der Waals surface area contributed by atoms with Crippen LogP contribution in [0.4, 0.5) is 19.0 Å². The number of hydrogen-bond donors (Lipinski definition) is 0. The number of likely N-dealkylation sites (N-methyl/N-ethyl adjacent to an activating group) is 1. The molecule has 4 atom stereocenters. The van der Waals surface area contributed by atoms with Crippen LogP contribution < -0.4 is 14.4 Å². The third-order valence-electron chi connectivity index (χ3n) is 12.0. The molecule has 5 heterocycles. The first-order chi connectivity index (χ1) is 24.6. The topological polar surface area (TPSA) is 76.1 Å². The highest BCUT2D eigenvalue weighted by molar-refractivity contribution is 6.02. The van der Waals surface area contributed by atoms with Crippen LogP contribution in [0.2, 0.25) is 0 Å². The monoisotopic (exact) mass is 704 g/mol. The highest BCUT2D eigenvalue weighted by Crippen LogP contribution is 2.46. The minimum absolute atomic E-state index is 0.00905. The summed E-state index contributed by atoms with van der Waals surface area (Å²) in [4.78, 5) is 21.4. The van der Waals surface area contributed by atoms with Gasteiger partial charge in [-0.25, -0.2) is 13.2 Å². The third-order valence-corrected chi connectivity index (χ3v) is 12.0. The molecular weight excluding hydrogens is 657 g/mol. The maximum Gasteiger partial charge on any atom is 0.319 e. The Hall–Kier alpha value is -3.74. The predicted octanol–water partition coefficient (Wildman–Crippen LogP) is 6.93. The predicted molar refractivity (Wildman–Crippen MR) is 191 cm³/mol. The maximum atomic E-state index is 17.4. The minimum atomic E-state index is -0.904. The molecular formula is C39H47F3N6O3. The average molecular weight is 705 g/mol. The van der Waals surface area contributed by atoms with E-state index in [1.54, 1.807) is 24.4 Å². The van der Waals surface area contributed by atoms with E-state index in [9.17, 15) is 4.39 Å². The molecule has 9 nitrogen and oxygen atoms in total. The van der Waals surface area contributed by atoms with Gasteiger partial charge in [0.25, 0.3) is 0 Å². The summed E-state index contributed by atoms with van der Waals surface area (Å²) < 4.78 is 64.7. The molecule has 3 saturated heterocycles. The Kier molecular flexibility index (Phi) is 8.99. The van der Waals surface area contributed by atoms with Gasteiger partial charge in [-0.1, -0.05) is 26.3 Å². The van der Waals surface area contributed by atoms with Crippen LogP contribution in [0, 0.1) is 17.0 Å². The fourth-order valence-corrected chi connectivity index (χ4v) is 9.69. The molecule has 4 fully saturated rings. The number of hydrogen-bond acceptors (Lipinski definition) is 9. The number of nitrogens with zero attached hydrogens (tertiary/aromatic N) is 6. The molecule has 3 aliphatic heterocycles. The Bertz CT molecular complexity index is 1970. The van der Waals surface area contributed by atoms with E-state index in [1.165, 1.54) is 13.2 Å². The molecule has 2 aromatic carbocycles. The second-order valence-electron chi connectivity index (χ2n) is 15.4. The lowest BCUT2D eigenvalue weighted by molar-refractivity contribution is 0.0512. The van der Waals surface area contributed by atoms with Crippen LogP contribution in [-0.2, 0) is 11.2 Å². The Balaban J connectivity index is 1.30. The van der Waals surface area contributed by atoms with Crippen molar-refractivity contribution in [2.75, 3.05) is 65.2 Å². The SMILES string of the molecule is CCc1c(F)ccc2cc(OCOC)cc(-c3ncc4c(N5CCN(C)C[C@]6(C)CCC[C@@H]56)nc(OC[C@@]56CCCN5C[C@H](F)C6)nc4c3F)c12. The molecule has 0 bridgehead atoms. The molecule has 4 aromatic rings. The van der Waals surface area contributed by atoms with E-state index < -0.39 is 17.5 Å². The number of methoxy groups -OCH3 is 1.